The number of rotatable bonds is 5. The molecular formula is C17H14BrN5O2S. The van der Waals surface area contributed by atoms with E-state index in [-0.39, 0.29) is 0 Å². The summed E-state index contributed by atoms with van der Waals surface area (Å²) in [6.45, 7) is 1.90. The molecular weight excluding hydrogens is 418 g/mol. The van der Waals surface area contributed by atoms with Crippen molar-refractivity contribution in [3.05, 3.63) is 52.7 Å². The van der Waals surface area contributed by atoms with Crippen molar-refractivity contribution in [3.63, 3.8) is 0 Å². The molecule has 0 spiro atoms. The highest BCUT2D eigenvalue weighted by Gasteiger charge is 2.16. The van der Waals surface area contributed by atoms with Crippen molar-refractivity contribution in [2.45, 2.75) is 17.8 Å². The quantitative estimate of drug-likeness (QED) is 0.430. The van der Waals surface area contributed by atoms with Gasteiger partial charge in [0.15, 0.2) is 11.0 Å². The van der Waals surface area contributed by atoms with Crippen LogP contribution in [0.2, 0.25) is 0 Å². The first-order chi connectivity index (χ1) is 12.6. The Morgan fingerprint density at radius 2 is 1.88 bits per heavy atom. The SMILES string of the molecule is Cc1occc1-c1nnc(SCc2nnc(-c3ccc(Br)cc3)o2)n1C. The average molecular weight is 432 g/mol. The molecule has 0 fully saturated rings. The maximum absolute atomic E-state index is 5.74. The molecule has 3 heterocycles. The first-order valence-electron chi connectivity index (χ1n) is 7.77. The standard InChI is InChI=1S/C17H14BrN5O2S/c1-10-13(7-8-24-10)15-20-22-17(23(15)2)26-9-14-19-21-16(25-14)11-3-5-12(18)6-4-11/h3-8H,9H2,1-2H3. The second-order valence-electron chi connectivity index (χ2n) is 5.55. The molecule has 1 aromatic carbocycles. The number of aromatic nitrogens is 5. The zero-order chi connectivity index (χ0) is 18.1. The molecule has 0 atom stereocenters. The van der Waals surface area contributed by atoms with Crippen LogP contribution < -0.4 is 0 Å². The minimum absolute atomic E-state index is 0.501. The Hall–Kier alpha value is -2.39. The molecule has 0 saturated heterocycles. The van der Waals surface area contributed by atoms with Crippen molar-refractivity contribution in [1.82, 2.24) is 25.0 Å². The van der Waals surface area contributed by atoms with Gasteiger partial charge in [0.05, 0.1) is 17.6 Å². The summed E-state index contributed by atoms with van der Waals surface area (Å²) in [4.78, 5) is 0. The molecule has 132 valence electrons. The lowest BCUT2D eigenvalue weighted by Crippen LogP contribution is -1.95. The molecule has 7 nitrogen and oxygen atoms in total. The smallest absolute Gasteiger partial charge is 0.247 e. The Morgan fingerprint density at radius 3 is 2.62 bits per heavy atom. The highest BCUT2D eigenvalue weighted by Crippen LogP contribution is 2.28. The Morgan fingerprint density at radius 1 is 1.08 bits per heavy atom. The average Bonchev–Trinajstić information content (AvgIpc) is 3.35. The summed E-state index contributed by atoms with van der Waals surface area (Å²) in [6.07, 6.45) is 1.65. The van der Waals surface area contributed by atoms with Gasteiger partial charge in [0.25, 0.3) is 0 Å². The van der Waals surface area contributed by atoms with Crippen molar-refractivity contribution >= 4 is 27.7 Å². The van der Waals surface area contributed by atoms with E-state index in [9.17, 15) is 0 Å². The van der Waals surface area contributed by atoms with Crippen molar-refractivity contribution < 1.29 is 8.83 Å². The van der Waals surface area contributed by atoms with Gasteiger partial charge in [-0.3, -0.25) is 0 Å². The summed E-state index contributed by atoms with van der Waals surface area (Å²) in [6, 6.07) is 9.61. The number of aryl methyl sites for hydroxylation is 1. The lowest BCUT2D eigenvalue weighted by atomic mass is 10.2. The molecule has 0 aliphatic rings. The Labute approximate surface area is 162 Å². The fraction of sp³-hybridized carbons (Fsp3) is 0.176. The van der Waals surface area contributed by atoms with Gasteiger partial charge in [0.2, 0.25) is 11.8 Å². The number of nitrogens with zero attached hydrogens (tertiary/aromatic N) is 5. The largest absolute Gasteiger partial charge is 0.469 e. The second kappa shape index (κ2) is 7.08. The van der Waals surface area contributed by atoms with Gasteiger partial charge in [0, 0.05) is 17.1 Å². The monoisotopic (exact) mass is 431 g/mol. The van der Waals surface area contributed by atoms with Crippen LogP contribution in [0.1, 0.15) is 11.7 Å². The van der Waals surface area contributed by atoms with E-state index in [0.717, 1.165) is 32.3 Å². The predicted molar refractivity (Wildman–Crippen MR) is 100 cm³/mol. The van der Waals surface area contributed by atoms with Crippen molar-refractivity contribution in [3.8, 4) is 22.8 Å². The highest BCUT2D eigenvalue weighted by atomic mass is 79.9. The van der Waals surface area contributed by atoms with Gasteiger partial charge >= 0.3 is 0 Å². The van der Waals surface area contributed by atoms with Gasteiger partial charge in [-0.25, -0.2) is 0 Å². The lowest BCUT2D eigenvalue weighted by Gasteiger charge is -2.01. The zero-order valence-electron chi connectivity index (χ0n) is 14.0. The van der Waals surface area contributed by atoms with Gasteiger partial charge in [-0.05, 0) is 37.3 Å². The summed E-state index contributed by atoms with van der Waals surface area (Å²) in [5.41, 5.74) is 1.82. The number of hydrogen-bond acceptors (Lipinski definition) is 7. The molecule has 4 rings (SSSR count). The first kappa shape index (κ1) is 17.0. The molecule has 0 aliphatic carbocycles. The van der Waals surface area contributed by atoms with Crippen LogP contribution in [0.25, 0.3) is 22.8 Å². The van der Waals surface area contributed by atoms with Crippen LogP contribution in [0.15, 0.2) is 55.1 Å². The summed E-state index contributed by atoms with van der Waals surface area (Å²) in [5, 5.41) is 17.5. The molecule has 0 bridgehead atoms. The topological polar surface area (TPSA) is 82.8 Å². The van der Waals surface area contributed by atoms with Crippen molar-refractivity contribution in [1.29, 1.82) is 0 Å². The van der Waals surface area contributed by atoms with Gasteiger partial charge in [0.1, 0.15) is 5.76 Å². The fourth-order valence-electron chi connectivity index (χ4n) is 2.44. The van der Waals surface area contributed by atoms with E-state index >= 15 is 0 Å². The molecule has 3 aromatic heterocycles. The molecule has 9 heteroatoms. The zero-order valence-corrected chi connectivity index (χ0v) is 16.4. The Kier molecular flexibility index (Phi) is 4.64. The van der Waals surface area contributed by atoms with E-state index in [1.54, 1.807) is 6.26 Å². The second-order valence-corrected chi connectivity index (χ2v) is 7.41. The fourth-order valence-corrected chi connectivity index (χ4v) is 3.45. The highest BCUT2D eigenvalue weighted by molar-refractivity contribution is 9.10. The number of benzene rings is 1. The Bertz CT molecular complexity index is 1040. The van der Waals surface area contributed by atoms with Gasteiger partial charge in [-0.15, -0.1) is 20.4 Å². The molecule has 0 aliphatic heterocycles. The van der Waals surface area contributed by atoms with Gasteiger partial charge < -0.3 is 13.4 Å². The van der Waals surface area contributed by atoms with E-state index in [4.69, 9.17) is 8.83 Å². The van der Waals surface area contributed by atoms with Gasteiger partial charge in [-0.1, -0.05) is 27.7 Å². The third-order valence-electron chi connectivity index (χ3n) is 3.82. The molecule has 4 aromatic rings. The minimum atomic E-state index is 0.501. The number of hydrogen-bond donors (Lipinski definition) is 0. The van der Waals surface area contributed by atoms with Crippen LogP contribution >= 0.6 is 27.7 Å². The predicted octanol–water partition coefficient (Wildman–Crippen LogP) is 4.49. The van der Waals surface area contributed by atoms with E-state index in [1.807, 2.05) is 48.9 Å². The van der Waals surface area contributed by atoms with E-state index in [1.165, 1.54) is 11.8 Å². The van der Waals surface area contributed by atoms with E-state index in [2.05, 4.69) is 36.3 Å². The van der Waals surface area contributed by atoms with Crippen LogP contribution in [-0.4, -0.2) is 25.0 Å². The molecule has 0 N–H and O–H groups in total. The van der Waals surface area contributed by atoms with Crippen LogP contribution in [0.5, 0.6) is 0 Å². The Balaban J connectivity index is 1.48. The lowest BCUT2D eigenvalue weighted by molar-refractivity contribution is 0.528. The number of halogens is 1. The summed E-state index contributed by atoms with van der Waals surface area (Å²) < 4.78 is 14.0. The summed E-state index contributed by atoms with van der Waals surface area (Å²) in [5.74, 6) is 3.13. The third-order valence-corrected chi connectivity index (χ3v) is 5.35. The maximum Gasteiger partial charge on any atom is 0.247 e. The summed E-state index contributed by atoms with van der Waals surface area (Å²) in [7, 11) is 1.92. The molecule has 0 saturated carbocycles. The van der Waals surface area contributed by atoms with Crippen LogP contribution in [0, 0.1) is 6.92 Å². The molecule has 0 amide bonds. The summed E-state index contributed by atoms with van der Waals surface area (Å²) >= 11 is 4.90. The van der Waals surface area contributed by atoms with Crippen molar-refractivity contribution in [2.24, 2.45) is 7.05 Å². The first-order valence-corrected chi connectivity index (χ1v) is 9.54. The molecule has 26 heavy (non-hydrogen) atoms. The van der Waals surface area contributed by atoms with Crippen LogP contribution in [0.4, 0.5) is 0 Å². The minimum Gasteiger partial charge on any atom is -0.469 e. The molecule has 0 radical (unpaired) electrons. The van der Waals surface area contributed by atoms with Crippen LogP contribution in [0.3, 0.4) is 0 Å². The van der Waals surface area contributed by atoms with E-state index in [0.29, 0.717) is 17.5 Å². The third kappa shape index (κ3) is 3.32. The van der Waals surface area contributed by atoms with Crippen molar-refractivity contribution in [2.75, 3.05) is 0 Å². The van der Waals surface area contributed by atoms with E-state index < -0.39 is 0 Å². The van der Waals surface area contributed by atoms with Crippen LogP contribution in [-0.2, 0) is 12.8 Å². The number of furan rings is 1. The normalized spacial score (nSPS) is 11.2. The molecule has 0 unspecified atom stereocenters. The van der Waals surface area contributed by atoms with Gasteiger partial charge in [-0.2, -0.15) is 0 Å². The maximum atomic E-state index is 5.74. The number of thioether (sulfide) groups is 1.